The zero-order chi connectivity index (χ0) is 11.1. The molecule has 2 N–H and O–H groups in total. The molecule has 0 aliphatic carbocycles. The lowest BCUT2D eigenvalue weighted by atomic mass is 10.1. The fourth-order valence-corrected chi connectivity index (χ4v) is 1.48. The summed E-state index contributed by atoms with van der Waals surface area (Å²) in [5, 5.41) is 6.54. The number of pyridine rings is 1. The highest BCUT2D eigenvalue weighted by Gasteiger charge is 1.99. The Morgan fingerprint density at radius 3 is 2.80 bits per heavy atom. The summed E-state index contributed by atoms with van der Waals surface area (Å²) < 4.78 is 0. The molecule has 1 rings (SSSR count). The molecular formula is C12H21N3. The van der Waals surface area contributed by atoms with Gasteiger partial charge in [0.2, 0.25) is 0 Å². The Hall–Kier alpha value is -1.25. The maximum Gasteiger partial charge on any atom is 0.0759 e. The smallest absolute Gasteiger partial charge is 0.0759 e. The van der Waals surface area contributed by atoms with Crippen molar-refractivity contribution in [1.29, 1.82) is 0 Å². The lowest BCUT2D eigenvalue weighted by Crippen LogP contribution is -2.05. The third-order valence-electron chi connectivity index (χ3n) is 2.36. The molecule has 0 bridgehead atoms. The van der Waals surface area contributed by atoms with E-state index in [9.17, 15) is 0 Å². The van der Waals surface area contributed by atoms with Crippen LogP contribution in [0.2, 0.25) is 0 Å². The molecule has 0 saturated carbocycles. The van der Waals surface area contributed by atoms with E-state index in [1.165, 1.54) is 12.8 Å². The minimum Gasteiger partial charge on any atom is -0.385 e. The Bertz CT molecular complexity index is 284. The Morgan fingerprint density at radius 2 is 2.13 bits per heavy atom. The number of hydrogen-bond donors (Lipinski definition) is 2. The molecule has 0 fully saturated rings. The second kappa shape index (κ2) is 6.27. The Balaban J connectivity index is 2.36. The third-order valence-corrected chi connectivity index (χ3v) is 2.36. The van der Waals surface area contributed by atoms with Gasteiger partial charge in [0.1, 0.15) is 0 Å². The van der Waals surface area contributed by atoms with Crippen molar-refractivity contribution in [1.82, 2.24) is 4.98 Å². The Kier molecular flexibility index (Phi) is 4.95. The minimum atomic E-state index is 0.785. The molecule has 0 spiro atoms. The van der Waals surface area contributed by atoms with Gasteiger partial charge in [-0.25, -0.2) is 0 Å². The van der Waals surface area contributed by atoms with Gasteiger partial charge >= 0.3 is 0 Å². The van der Waals surface area contributed by atoms with Crippen molar-refractivity contribution in [3.05, 3.63) is 18.5 Å². The van der Waals surface area contributed by atoms with E-state index in [0.717, 1.165) is 23.8 Å². The average Bonchev–Trinajstić information content (AvgIpc) is 2.24. The van der Waals surface area contributed by atoms with E-state index in [4.69, 9.17) is 0 Å². The molecule has 3 nitrogen and oxygen atoms in total. The van der Waals surface area contributed by atoms with E-state index in [-0.39, 0.29) is 0 Å². The van der Waals surface area contributed by atoms with Crippen LogP contribution in [-0.2, 0) is 0 Å². The maximum atomic E-state index is 4.07. The van der Waals surface area contributed by atoms with E-state index >= 15 is 0 Å². The van der Waals surface area contributed by atoms with Gasteiger partial charge in [0, 0.05) is 19.8 Å². The van der Waals surface area contributed by atoms with Crippen LogP contribution in [0.25, 0.3) is 0 Å². The first kappa shape index (κ1) is 11.8. The first-order valence-corrected chi connectivity index (χ1v) is 5.59. The van der Waals surface area contributed by atoms with Crippen LogP contribution in [0.4, 0.5) is 11.4 Å². The van der Waals surface area contributed by atoms with Crippen LogP contribution in [0.15, 0.2) is 18.5 Å². The van der Waals surface area contributed by atoms with Gasteiger partial charge < -0.3 is 10.6 Å². The molecule has 0 unspecified atom stereocenters. The highest BCUT2D eigenvalue weighted by molar-refractivity contribution is 5.66. The minimum absolute atomic E-state index is 0.785. The van der Waals surface area contributed by atoms with Crippen LogP contribution in [0.1, 0.15) is 26.7 Å². The summed E-state index contributed by atoms with van der Waals surface area (Å²) in [6.07, 6.45) is 6.13. The van der Waals surface area contributed by atoms with E-state index in [0.29, 0.717) is 0 Å². The molecular weight excluding hydrogens is 186 g/mol. The number of nitrogens with zero attached hydrogens (tertiary/aromatic N) is 1. The van der Waals surface area contributed by atoms with Gasteiger partial charge in [-0.3, -0.25) is 4.98 Å². The van der Waals surface area contributed by atoms with E-state index < -0.39 is 0 Å². The SMILES string of the molecule is CNc1cnccc1NCCCC(C)C. The van der Waals surface area contributed by atoms with Gasteiger partial charge in [-0.05, 0) is 24.8 Å². The topological polar surface area (TPSA) is 37.0 Å². The third kappa shape index (κ3) is 4.19. The fraction of sp³-hybridized carbons (Fsp3) is 0.583. The summed E-state index contributed by atoms with van der Waals surface area (Å²) in [4.78, 5) is 4.07. The van der Waals surface area contributed by atoms with Crippen molar-refractivity contribution in [2.75, 3.05) is 24.2 Å². The Labute approximate surface area is 92.3 Å². The van der Waals surface area contributed by atoms with Crippen molar-refractivity contribution in [3.8, 4) is 0 Å². The number of rotatable bonds is 6. The van der Waals surface area contributed by atoms with E-state index in [1.54, 1.807) is 0 Å². The van der Waals surface area contributed by atoms with Crippen LogP contribution < -0.4 is 10.6 Å². The summed E-state index contributed by atoms with van der Waals surface area (Å²) >= 11 is 0. The molecule has 0 aliphatic heterocycles. The predicted molar refractivity (Wildman–Crippen MR) is 66.3 cm³/mol. The molecule has 84 valence electrons. The maximum absolute atomic E-state index is 4.07. The van der Waals surface area contributed by atoms with Gasteiger partial charge in [0.25, 0.3) is 0 Å². The number of nitrogens with one attached hydrogen (secondary N) is 2. The summed E-state index contributed by atoms with van der Waals surface area (Å²) in [5.74, 6) is 0.785. The second-order valence-corrected chi connectivity index (χ2v) is 4.13. The largest absolute Gasteiger partial charge is 0.385 e. The van der Waals surface area contributed by atoms with Crippen LogP contribution in [0.3, 0.4) is 0 Å². The van der Waals surface area contributed by atoms with Crippen molar-refractivity contribution in [3.63, 3.8) is 0 Å². The van der Waals surface area contributed by atoms with Crippen molar-refractivity contribution in [2.45, 2.75) is 26.7 Å². The lowest BCUT2D eigenvalue weighted by molar-refractivity contribution is 0.567. The highest BCUT2D eigenvalue weighted by atomic mass is 14.9. The van der Waals surface area contributed by atoms with Gasteiger partial charge in [0.15, 0.2) is 0 Å². The van der Waals surface area contributed by atoms with E-state index in [1.807, 2.05) is 25.5 Å². The van der Waals surface area contributed by atoms with Crippen LogP contribution >= 0.6 is 0 Å². The van der Waals surface area contributed by atoms with Crippen LogP contribution in [0, 0.1) is 5.92 Å². The molecule has 0 aliphatic rings. The van der Waals surface area contributed by atoms with E-state index in [2.05, 4.69) is 29.5 Å². The first-order chi connectivity index (χ1) is 7.24. The zero-order valence-corrected chi connectivity index (χ0v) is 9.88. The molecule has 0 atom stereocenters. The molecule has 0 amide bonds. The molecule has 15 heavy (non-hydrogen) atoms. The molecule has 1 aromatic rings. The number of anilines is 2. The highest BCUT2D eigenvalue weighted by Crippen LogP contribution is 2.18. The van der Waals surface area contributed by atoms with Crippen molar-refractivity contribution < 1.29 is 0 Å². The van der Waals surface area contributed by atoms with Crippen LogP contribution in [0.5, 0.6) is 0 Å². The van der Waals surface area contributed by atoms with Crippen molar-refractivity contribution >= 4 is 11.4 Å². The summed E-state index contributed by atoms with van der Waals surface area (Å²) in [7, 11) is 1.91. The Morgan fingerprint density at radius 1 is 1.33 bits per heavy atom. The van der Waals surface area contributed by atoms with Gasteiger partial charge in [0.05, 0.1) is 17.6 Å². The summed E-state index contributed by atoms with van der Waals surface area (Å²) in [6, 6.07) is 2.00. The molecule has 1 heterocycles. The van der Waals surface area contributed by atoms with Crippen molar-refractivity contribution in [2.24, 2.45) is 5.92 Å². The summed E-state index contributed by atoms with van der Waals surface area (Å²) in [5.41, 5.74) is 2.19. The van der Waals surface area contributed by atoms with Gasteiger partial charge in [-0.15, -0.1) is 0 Å². The van der Waals surface area contributed by atoms with Gasteiger partial charge in [-0.2, -0.15) is 0 Å². The van der Waals surface area contributed by atoms with Crippen LogP contribution in [-0.4, -0.2) is 18.6 Å². The lowest BCUT2D eigenvalue weighted by Gasteiger charge is -2.11. The predicted octanol–water partition coefficient (Wildman–Crippen LogP) is 2.97. The average molecular weight is 207 g/mol. The molecule has 0 radical (unpaired) electrons. The summed E-state index contributed by atoms with van der Waals surface area (Å²) in [6.45, 7) is 5.54. The first-order valence-electron chi connectivity index (χ1n) is 5.59. The fourth-order valence-electron chi connectivity index (χ4n) is 1.48. The molecule has 1 aromatic heterocycles. The number of aromatic nitrogens is 1. The normalized spacial score (nSPS) is 10.4. The van der Waals surface area contributed by atoms with Gasteiger partial charge in [-0.1, -0.05) is 13.8 Å². The zero-order valence-electron chi connectivity index (χ0n) is 9.88. The standard InChI is InChI=1S/C12H21N3/c1-10(2)5-4-7-15-11-6-8-14-9-12(11)13-3/h6,8-10,13H,4-5,7H2,1-3H3,(H,14,15). The molecule has 0 saturated heterocycles. The quantitative estimate of drug-likeness (QED) is 0.704. The number of hydrogen-bond acceptors (Lipinski definition) is 3. The molecule has 0 aromatic carbocycles. The monoisotopic (exact) mass is 207 g/mol. The second-order valence-electron chi connectivity index (χ2n) is 4.13. The molecule has 3 heteroatoms.